The highest BCUT2D eigenvalue weighted by Gasteiger charge is 2.16. The van der Waals surface area contributed by atoms with Gasteiger partial charge in [0, 0.05) is 10.8 Å². The van der Waals surface area contributed by atoms with Gasteiger partial charge >= 0.3 is 0 Å². The van der Waals surface area contributed by atoms with Gasteiger partial charge in [-0.1, -0.05) is 23.4 Å². The third-order valence-corrected chi connectivity index (χ3v) is 6.86. The molecular weight excluding hydrogens is 427 g/mol. The van der Waals surface area contributed by atoms with Crippen LogP contribution in [-0.4, -0.2) is 34.8 Å². The van der Waals surface area contributed by atoms with Crippen LogP contribution in [0.2, 0.25) is 5.02 Å². The predicted octanol–water partition coefficient (Wildman–Crippen LogP) is 2.93. The molecule has 3 aromatic rings. The molecule has 0 fully saturated rings. The number of nitrogens with two attached hydrogens (primary N) is 1. The zero-order chi connectivity index (χ0) is 20.1. The van der Waals surface area contributed by atoms with E-state index in [1.54, 1.807) is 0 Å². The molecule has 3 rings (SSSR count). The molecule has 0 bridgehead atoms. The first-order valence-electron chi connectivity index (χ1n) is 8.04. The second-order valence-corrected chi connectivity index (χ2v) is 9.24. The van der Waals surface area contributed by atoms with Crippen molar-refractivity contribution in [2.75, 3.05) is 17.3 Å². The Kier molecular flexibility index (Phi) is 6.42. The van der Waals surface area contributed by atoms with Crippen LogP contribution in [0, 0.1) is 5.82 Å². The standard InChI is InChI=1S/C17H16ClFN4O3S2/c18-12-1-7-15(8-2-12)28(24,25)10-9-27-17-22-21-16(23(17)20)11-26-14-5-3-13(19)4-6-14/h1-8H,9-11,20H2. The fraction of sp³-hybridized carbons (Fsp3) is 0.176. The molecule has 0 amide bonds. The molecule has 0 aliphatic rings. The zero-order valence-corrected chi connectivity index (χ0v) is 16.8. The lowest BCUT2D eigenvalue weighted by Crippen LogP contribution is -2.16. The fourth-order valence-electron chi connectivity index (χ4n) is 2.19. The van der Waals surface area contributed by atoms with E-state index < -0.39 is 9.84 Å². The van der Waals surface area contributed by atoms with Crippen LogP contribution in [0.25, 0.3) is 0 Å². The van der Waals surface area contributed by atoms with Gasteiger partial charge in [0.15, 0.2) is 15.7 Å². The van der Waals surface area contributed by atoms with E-state index in [4.69, 9.17) is 22.2 Å². The molecule has 2 N–H and O–H groups in total. The Morgan fingerprint density at radius 2 is 1.79 bits per heavy atom. The summed E-state index contributed by atoms with van der Waals surface area (Å²) in [7, 11) is -3.44. The van der Waals surface area contributed by atoms with E-state index in [0.717, 1.165) is 0 Å². The summed E-state index contributed by atoms with van der Waals surface area (Å²) in [6.07, 6.45) is 0. The maximum absolute atomic E-state index is 12.9. The van der Waals surface area contributed by atoms with E-state index in [0.29, 0.717) is 21.8 Å². The molecule has 1 aromatic heterocycles. The minimum atomic E-state index is -3.44. The Morgan fingerprint density at radius 1 is 1.11 bits per heavy atom. The monoisotopic (exact) mass is 442 g/mol. The van der Waals surface area contributed by atoms with Crippen LogP contribution in [-0.2, 0) is 16.4 Å². The van der Waals surface area contributed by atoms with Crippen LogP contribution in [0.1, 0.15) is 5.82 Å². The molecule has 7 nitrogen and oxygen atoms in total. The number of sulfone groups is 1. The zero-order valence-electron chi connectivity index (χ0n) is 14.5. The van der Waals surface area contributed by atoms with Crippen LogP contribution in [0.5, 0.6) is 5.75 Å². The molecule has 0 saturated carbocycles. The Labute approximate surface area is 170 Å². The van der Waals surface area contributed by atoms with Crippen molar-refractivity contribution in [1.82, 2.24) is 14.9 Å². The van der Waals surface area contributed by atoms with Crippen LogP contribution in [0.3, 0.4) is 0 Å². The number of nitrogen functional groups attached to an aromatic ring is 1. The van der Waals surface area contributed by atoms with Gasteiger partial charge in [0.25, 0.3) is 0 Å². The van der Waals surface area contributed by atoms with E-state index in [-0.39, 0.29) is 28.8 Å². The number of hydrogen-bond donors (Lipinski definition) is 1. The maximum atomic E-state index is 12.9. The minimum absolute atomic E-state index is 0.0404. The molecule has 0 aliphatic carbocycles. The SMILES string of the molecule is Nn1c(COc2ccc(F)cc2)nnc1SCCS(=O)(=O)c1ccc(Cl)cc1. The second kappa shape index (κ2) is 8.80. The Morgan fingerprint density at radius 3 is 2.46 bits per heavy atom. The quantitative estimate of drug-likeness (QED) is 0.422. The van der Waals surface area contributed by atoms with Crippen LogP contribution >= 0.6 is 23.4 Å². The molecule has 1 heterocycles. The van der Waals surface area contributed by atoms with Gasteiger partial charge in [0.2, 0.25) is 5.16 Å². The number of rotatable bonds is 8. The van der Waals surface area contributed by atoms with Crippen LogP contribution in [0.15, 0.2) is 58.6 Å². The molecule has 0 unspecified atom stereocenters. The normalized spacial score (nSPS) is 11.5. The number of benzene rings is 2. The number of nitrogens with zero attached hydrogens (tertiary/aromatic N) is 3. The van der Waals surface area contributed by atoms with Gasteiger partial charge in [-0.25, -0.2) is 17.5 Å². The number of thioether (sulfide) groups is 1. The van der Waals surface area contributed by atoms with Gasteiger partial charge < -0.3 is 10.6 Å². The molecule has 148 valence electrons. The summed E-state index contributed by atoms with van der Waals surface area (Å²) in [5.74, 6) is 6.56. The summed E-state index contributed by atoms with van der Waals surface area (Å²) in [6, 6.07) is 11.6. The molecule has 0 radical (unpaired) electrons. The van der Waals surface area contributed by atoms with E-state index in [1.165, 1.54) is 65.0 Å². The molecule has 28 heavy (non-hydrogen) atoms. The van der Waals surface area contributed by atoms with Crippen molar-refractivity contribution >= 4 is 33.2 Å². The summed E-state index contributed by atoms with van der Waals surface area (Å²) in [4.78, 5) is 0.208. The average Bonchev–Trinajstić information content (AvgIpc) is 3.01. The molecule has 0 atom stereocenters. The van der Waals surface area contributed by atoms with Crippen molar-refractivity contribution in [3.63, 3.8) is 0 Å². The molecule has 11 heteroatoms. The number of hydrogen-bond acceptors (Lipinski definition) is 7. The van der Waals surface area contributed by atoms with Gasteiger partial charge in [-0.2, -0.15) is 0 Å². The van der Waals surface area contributed by atoms with E-state index in [1.807, 2.05) is 0 Å². The van der Waals surface area contributed by atoms with Gasteiger partial charge in [0.1, 0.15) is 18.2 Å². The van der Waals surface area contributed by atoms with Gasteiger partial charge in [-0.05, 0) is 48.5 Å². The second-order valence-electron chi connectivity index (χ2n) is 5.63. The molecular formula is C17H16ClFN4O3S2. The predicted molar refractivity (Wildman–Crippen MR) is 105 cm³/mol. The highest BCUT2D eigenvalue weighted by atomic mass is 35.5. The lowest BCUT2D eigenvalue weighted by molar-refractivity contribution is 0.291. The molecule has 2 aromatic carbocycles. The van der Waals surface area contributed by atoms with Crippen molar-refractivity contribution in [3.8, 4) is 5.75 Å². The summed E-state index contributed by atoms with van der Waals surface area (Å²) >= 11 is 6.95. The van der Waals surface area contributed by atoms with Crippen molar-refractivity contribution in [3.05, 3.63) is 65.2 Å². The number of ether oxygens (including phenoxy) is 1. The topological polar surface area (TPSA) is 100 Å². The summed E-state index contributed by atoms with van der Waals surface area (Å²) in [5.41, 5.74) is 0. The lowest BCUT2D eigenvalue weighted by atomic mass is 10.3. The van der Waals surface area contributed by atoms with Crippen molar-refractivity contribution in [2.24, 2.45) is 0 Å². The molecule has 0 spiro atoms. The smallest absolute Gasteiger partial charge is 0.209 e. The van der Waals surface area contributed by atoms with E-state index >= 15 is 0 Å². The van der Waals surface area contributed by atoms with Gasteiger partial charge in [-0.3, -0.25) is 0 Å². The van der Waals surface area contributed by atoms with Crippen molar-refractivity contribution in [2.45, 2.75) is 16.7 Å². The van der Waals surface area contributed by atoms with E-state index in [9.17, 15) is 12.8 Å². The Bertz CT molecular complexity index is 1040. The summed E-state index contributed by atoms with van der Waals surface area (Å²) in [5, 5.41) is 8.72. The van der Waals surface area contributed by atoms with Crippen LogP contribution in [0.4, 0.5) is 4.39 Å². The summed E-state index contributed by atoms with van der Waals surface area (Å²) in [6.45, 7) is 0.0404. The van der Waals surface area contributed by atoms with Crippen molar-refractivity contribution < 1.29 is 17.5 Å². The first-order chi connectivity index (χ1) is 13.3. The van der Waals surface area contributed by atoms with E-state index in [2.05, 4.69) is 10.2 Å². The van der Waals surface area contributed by atoms with Gasteiger partial charge in [-0.15, -0.1) is 10.2 Å². The Balaban J connectivity index is 1.55. The fourth-order valence-corrected chi connectivity index (χ4v) is 4.83. The first-order valence-corrected chi connectivity index (χ1v) is 11.1. The largest absolute Gasteiger partial charge is 0.486 e. The number of aromatic nitrogens is 3. The minimum Gasteiger partial charge on any atom is -0.486 e. The summed E-state index contributed by atoms with van der Waals surface area (Å²) < 4.78 is 44.3. The van der Waals surface area contributed by atoms with Crippen molar-refractivity contribution in [1.29, 1.82) is 0 Å². The van der Waals surface area contributed by atoms with Crippen LogP contribution < -0.4 is 10.6 Å². The molecule has 0 saturated heterocycles. The first kappa shape index (κ1) is 20.4. The molecule has 0 aliphatic heterocycles. The maximum Gasteiger partial charge on any atom is 0.209 e. The average molecular weight is 443 g/mol. The number of halogens is 2. The highest BCUT2D eigenvalue weighted by molar-refractivity contribution is 8.00. The van der Waals surface area contributed by atoms with Gasteiger partial charge in [0.05, 0.1) is 10.6 Å². The highest BCUT2D eigenvalue weighted by Crippen LogP contribution is 2.20. The third kappa shape index (κ3) is 5.15. The lowest BCUT2D eigenvalue weighted by Gasteiger charge is -2.07. The third-order valence-electron chi connectivity index (χ3n) is 3.67. The Hall–Kier alpha value is -2.30.